The number of fused-ring (bicyclic) bond motifs is 1. The first kappa shape index (κ1) is 19.2. The third kappa shape index (κ3) is 4.00. The van der Waals surface area contributed by atoms with Gasteiger partial charge in [0.15, 0.2) is 5.16 Å². The fraction of sp³-hybridized carbons (Fsp3) is 0.167. The molecule has 4 aromatic rings. The number of nitrogens with one attached hydrogen (secondary N) is 1. The molecular weight excluding hydrogens is 410 g/mol. The zero-order valence-electron chi connectivity index (χ0n) is 15.6. The first-order valence-electron chi connectivity index (χ1n) is 8.52. The monoisotopic (exact) mass is 427 g/mol. The fourth-order valence-electron chi connectivity index (χ4n) is 2.67. The van der Waals surface area contributed by atoms with Crippen LogP contribution in [0, 0.1) is 0 Å². The number of anilines is 3. The quantitative estimate of drug-likeness (QED) is 0.353. The lowest BCUT2D eigenvalue weighted by atomic mass is 10.3. The van der Waals surface area contributed by atoms with Crippen molar-refractivity contribution >= 4 is 50.9 Å². The molecule has 3 aromatic heterocycles. The van der Waals surface area contributed by atoms with Crippen LogP contribution in [0.1, 0.15) is 5.82 Å². The van der Waals surface area contributed by atoms with Gasteiger partial charge in [0.25, 0.3) is 5.56 Å². The van der Waals surface area contributed by atoms with Crippen LogP contribution in [-0.4, -0.2) is 31.6 Å². The summed E-state index contributed by atoms with van der Waals surface area (Å²) in [5, 5.41) is 6.16. The van der Waals surface area contributed by atoms with Crippen LogP contribution in [0.25, 0.3) is 10.2 Å². The number of para-hydroxylation sites is 2. The van der Waals surface area contributed by atoms with Crippen molar-refractivity contribution in [2.45, 2.75) is 10.9 Å². The van der Waals surface area contributed by atoms with E-state index in [0.29, 0.717) is 44.3 Å². The Labute approximate surface area is 174 Å². The summed E-state index contributed by atoms with van der Waals surface area (Å²) in [4.78, 5) is 30.4. The van der Waals surface area contributed by atoms with E-state index in [9.17, 15) is 4.79 Å². The van der Waals surface area contributed by atoms with Crippen molar-refractivity contribution in [1.29, 1.82) is 0 Å². The molecule has 0 fully saturated rings. The van der Waals surface area contributed by atoms with Crippen molar-refractivity contribution in [2.24, 2.45) is 7.05 Å². The fourth-order valence-corrected chi connectivity index (χ4v) is 4.30. The number of ether oxygens (including phenoxy) is 1. The Morgan fingerprint density at radius 3 is 2.86 bits per heavy atom. The maximum Gasteiger partial charge on any atom is 0.262 e. The molecule has 0 radical (unpaired) electrons. The minimum absolute atomic E-state index is 0.0764. The number of methoxy groups -OCH3 is 1. The number of aromatic nitrogens is 5. The van der Waals surface area contributed by atoms with Crippen molar-refractivity contribution < 1.29 is 4.74 Å². The van der Waals surface area contributed by atoms with E-state index in [1.54, 1.807) is 20.2 Å². The molecular formula is C18H17N7O2S2. The molecule has 4 rings (SSSR count). The molecule has 0 spiro atoms. The number of thiophene rings is 1. The Morgan fingerprint density at radius 1 is 1.21 bits per heavy atom. The summed E-state index contributed by atoms with van der Waals surface area (Å²) < 4.78 is 6.85. The van der Waals surface area contributed by atoms with Crippen LogP contribution in [-0.2, 0) is 12.8 Å². The molecule has 148 valence electrons. The number of nitrogens with two attached hydrogens (primary N) is 1. The molecule has 0 aliphatic heterocycles. The third-order valence-electron chi connectivity index (χ3n) is 4.05. The zero-order valence-corrected chi connectivity index (χ0v) is 17.3. The van der Waals surface area contributed by atoms with Gasteiger partial charge in [0.2, 0.25) is 11.9 Å². The van der Waals surface area contributed by atoms with E-state index >= 15 is 0 Å². The molecule has 0 amide bonds. The molecule has 0 bridgehead atoms. The summed E-state index contributed by atoms with van der Waals surface area (Å²) in [5.41, 5.74) is 6.49. The molecule has 0 aliphatic rings. The Kier molecular flexibility index (Phi) is 5.32. The molecule has 0 unspecified atom stereocenters. The number of hydrogen-bond acceptors (Lipinski definition) is 10. The van der Waals surface area contributed by atoms with E-state index in [1.807, 2.05) is 29.6 Å². The van der Waals surface area contributed by atoms with Crippen LogP contribution in [0.15, 0.2) is 45.7 Å². The van der Waals surface area contributed by atoms with Gasteiger partial charge >= 0.3 is 0 Å². The molecule has 0 saturated carbocycles. The second kappa shape index (κ2) is 8.05. The highest BCUT2D eigenvalue weighted by atomic mass is 32.2. The van der Waals surface area contributed by atoms with Crippen LogP contribution in [0.5, 0.6) is 5.75 Å². The van der Waals surface area contributed by atoms with Crippen LogP contribution >= 0.6 is 23.1 Å². The number of nitrogens with zero attached hydrogens (tertiary/aromatic N) is 5. The van der Waals surface area contributed by atoms with Gasteiger partial charge in [-0.2, -0.15) is 15.0 Å². The van der Waals surface area contributed by atoms with Gasteiger partial charge in [-0.3, -0.25) is 9.36 Å². The summed E-state index contributed by atoms with van der Waals surface area (Å²) >= 11 is 2.80. The second-order valence-electron chi connectivity index (χ2n) is 5.95. The van der Waals surface area contributed by atoms with Gasteiger partial charge in [0, 0.05) is 7.05 Å². The Hall–Kier alpha value is -3.18. The average Bonchev–Trinajstić information content (AvgIpc) is 3.18. The summed E-state index contributed by atoms with van der Waals surface area (Å²) in [7, 11) is 3.29. The van der Waals surface area contributed by atoms with Crippen LogP contribution < -0.4 is 21.3 Å². The maximum absolute atomic E-state index is 12.4. The van der Waals surface area contributed by atoms with Gasteiger partial charge in [-0.05, 0) is 23.6 Å². The third-order valence-corrected chi connectivity index (χ3v) is 5.88. The van der Waals surface area contributed by atoms with E-state index in [1.165, 1.54) is 27.7 Å². The Morgan fingerprint density at radius 2 is 2.03 bits per heavy atom. The van der Waals surface area contributed by atoms with E-state index in [0.717, 1.165) is 0 Å². The van der Waals surface area contributed by atoms with E-state index in [-0.39, 0.29) is 11.5 Å². The van der Waals surface area contributed by atoms with Crippen molar-refractivity contribution in [2.75, 3.05) is 18.2 Å². The van der Waals surface area contributed by atoms with Gasteiger partial charge in [0.1, 0.15) is 16.4 Å². The van der Waals surface area contributed by atoms with Gasteiger partial charge in [0.05, 0.1) is 23.9 Å². The predicted molar refractivity (Wildman–Crippen MR) is 115 cm³/mol. The summed E-state index contributed by atoms with van der Waals surface area (Å²) in [5.74, 6) is 1.92. The molecule has 1 aromatic carbocycles. The largest absolute Gasteiger partial charge is 0.495 e. The maximum atomic E-state index is 12.4. The minimum Gasteiger partial charge on any atom is -0.495 e. The first-order valence-corrected chi connectivity index (χ1v) is 10.4. The summed E-state index contributed by atoms with van der Waals surface area (Å²) in [6, 6.07) is 9.21. The molecule has 0 aliphatic carbocycles. The molecule has 0 saturated heterocycles. The van der Waals surface area contributed by atoms with Crippen molar-refractivity contribution in [3.8, 4) is 5.75 Å². The van der Waals surface area contributed by atoms with E-state index in [4.69, 9.17) is 10.5 Å². The lowest BCUT2D eigenvalue weighted by Gasteiger charge is -2.11. The number of hydrogen-bond donors (Lipinski definition) is 2. The number of benzene rings is 1. The van der Waals surface area contributed by atoms with E-state index in [2.05, 4.69) is 25.3 Å². The zero-order chi connectivity index (χ0) is 20.4. The summed E-state index contributed by atoms with van der Waals surface area (Å²) in [6.45, 7) is 0. The highest BCUT2D eigenvalue weighted by Crippen LogP contribution is 2.27. The lowest BCUT2D eigenvalue weighted by molar-refractivity contribution is 0.417. The van der Waals surface area contributed by atoms with Crippen LogP contribution in [0.2, 0.25) is 0 Å². The van der Waals surface area contributed by atoms with Crippen molar-refractivity contribution in [3.05, 3.63) is 51.9 Å². The molecule has 0 atom stereocenters. The Balaban J connectivity index is 1.57. The van der Waals surface area contributed by atoms with Crippen molar-refractivity contribution in [1.82, 2.24) is 24.5 Å². The van der Waals surface area contributed by atoms with Gasteiger partial charge in [-0.25, -0.2) is 4.98 Å². The van der Waals surface area contributed by atoms with Crippen LogP contribution in [0.4, 0.5) is 17.6 Å². The second-order valence-corrected chi connectivity index (χ2v) is 7.78. The molecule has 29 heavy (non-hydrogen) atoms. The highest BCUT2D eigenvalue weighted by molar-refractivity contribution is 7.98. The predicted octanol–water partition coefficient (Wildman–Crippen LogP) is 2.81. The summed E-state index contributed by atoms with van der Waals surface area (Å²) in [6.07, 6.45) is 0. The topological polar surface area (TPSA) is 121 Å². The minimum atomic E-state index is -0.0764. The van der Waals surface area contributed by atoms with Gasteiger partial charge < -0.3 is 15.8 Å². The molecule has 9 nitrogen and oxygen atoms in total. The standard InChI is InChI=1S/C18H17N7O2S2/c1-25-15(26)10-7-8-28-14(10)23-18(25)29-9-13-21-16(19)24-17(22-13)20-11-5-3-4-6-12(11)27-2/h3-8H,9H2,1-2H3,(H3,19,20,21,22,24). The SMILES string of the molecule is COc1ccccc1Nc1nc(N)nc(CSc2nc3sccc3c(=O)n2C)n1. The van der Waals surface area contributed by atoms with Crippen LogP contribution in [0.3, 0.4) is 0 Å². The smallest absolute Gasteiger partial charge is 0.262 e. The normalized spacial score (nSPS) is 11.0. The average molecular weight is 428 g/mol. The van der Waals surface area contributed by atoms with Gasteiger partial charge in [-0.1, -0.05) is 23.9 Å². The molecule has 11 heteroatoms. The number of rotatable bonds is 6. The highest BCUT2D eigenvalue weighted by Gasteiger charge is 2.12. The molecule has 3 heterocycles. The Bertz CT molecular complexity index is 1240. The van der Waals surface area contributed by atoms with Crippen molar-refractivity contribution in [3.63, 3.8) is 0 Å². The lowest BCUT2D eigenvalue weighted by Crippen LogP contribution is -2.19. The molecule has 3 N–H and O–H groups in total. The van der Waals surface area contributed by atoms with E-state index < -0.39 is 0 Å². The van der Waals surface area contributed by atoms with Gasteiger partial charge in [-0.15, -0.1) is 11.3 Å². The number of nitrogen functional groups attached to an aromatic ring is 1. The first-order chi connectivity index (χ1) is 14.0. The number of thioether (sulfide) groups is 1.